The van der Waals surface area contributed by atoms with E-state index in [4.69, 9.17) is 10.5 Å². The Kier molecular flexibility index (Phi) is 2.22. The first-order valence-corrected chi connectivity index (χ1v) is 5.04. The van der Waals surface area contributed by atoms with E-state index in [9.17, 15) is 0 Å². The van der Waals surface area contributed by atoms with Gasteiger partial charge >= 0.3 is 11.6 Å². The van der Waals surface area contributed by atoms with Gasteiger partial charge in [0.25, 0.3) is 5.88 Å². The third kappa shape index (κ3) is 1.56. The largest absolute Gasteiger partial charge is 0.478 e. The van der Waals surface area contributed by atoms with Crippen molar-refractivity contribution in [1.29, 1.82) is 0 Å². The van der Waals surface area contributed by atoms with Crippen LogP contribution in [0.5, 0.6) is 5.88 Å². The van der Waals surface area contributed by atoms with E-state index >= 15 is 0 Å². The number of aromatic nitrogens is 4. The van der Waals surface area contributed by atoms with Gasteiger partial charge in [-0.05, 0) is 20.8 Å². The van der Waals surface area contributed by atoms with Gasteiger partial charge in [0.05, 0.1) is 12.6 Å². The molecule has 0 saturated carbocycles. The fraction of sp³-hybridized carbons (Fsp3) is 0.500. The fourth-order valence-corrected chi connectivity index (χ4v) is 1.59. The molecule has 3 N–H and O–H groups in total. The van der Waals surface area contributed by atoms with Gasteiger partial charge in [-0.25, -0.2) is 4.57 Å². The second-order valence-electron chi connectivity index (χ2n) is 4.60. The van der Waals surface area contributed by atoms with Crippen molar-refractivity contribution < 1.29 is 9.30 Å². The molecule has 0 aliphatic carbocycles. The highest BCUT2D eigenvalue weighted by atomic mass is 16.5. The Morgan fingerprint density at radius 2 is 2.06 bits per heavy atom. The summed E-state index contributed by atoms with van der Waals surface area (Å²) in [7, 11) is 1.56. The number of hydrogen-bond acceptors (Lipinski definition) is 4. The van der Waals surface area contributed by atoms with E-state index in [0.717, 1.165) is 11.2 Å². The van der Waals surface area contributed by atoms with Gasteiger partial charge in [0.1, 0.15) is 0 Å². The van der Waals surface area contributed by atoms with Crippen molar-refractivity contribution in [2.45, 2.75) is 26.3 Å². The fourth-order valence-electron chi connectivity index (χ4n) is 1.59. The number of hydrogen-bond donors (Lipinski definition) is 2. The number of ether oxygens (including phenoxy) is 1. The third-order valence-corrected chi connectivity index (χ3v) is 2.36. The minimum atomic E-state index is -0.0793. The minimum Gasteiger partial charge on any atom is -0.478 e. The predicted molar refractivity (Wildman–Crippen MR) is 60.0 cm³/mol. The second kappa shape index (κ2) is 3.33. The van der Waals surface area contributed by atoms with Gasteiger partial charge < -0.3 is 10.5 Å². The summed E-state index contributed by atoms with van der Waals surface area (Å²) in [6, 6.07) is 0. The molecule has 0 saturated heterocycles. The van der Waals surface area contributed by atoms with E-state index in [1.165, 1.54) is 0 Å². The van der Waals surface area contributed by atoms with Crippen molar-refractivity contribution in [1.82, 2.24) is 15.0 Å². The third-order valence-electron chi connectivity index (χ3n) is 2.36. The van der Waals surface area contributed by atoms with Gasteiger partial charge in [0.15, 0.2) is 6.33 Å². The molecule has 0 radical (unpaired) electrons. The first kappa shape index (κ1) is 10.7. The standard InChI is InChI=1S/C10H15N5O/c1-10(2,3)15-5-12-6-7(15)13-9(11)14-8(6)16-4/h5H,1-4H3,(H2,11,13,14)/p+1. The molecule has 0 atom stereocenters. The topological polar surface area (TPSA) is 80.7 Å². The molecule has 16 heavy (non-hydrogen) atoms. The summed E-state index contributed by atoms with van der Waals surface area (Å²) in [6.07, 6.45) is 1.85. The van der Waals surface area contributed by atoms with Crippen LogP contribution < -0.4 is 15.0 Å². The van der Waals surface area contributed by atoms with Crippen LogP contribution in [0.4, 0.5) is 5.95 Å². The Morgan fingerprint density at radius 1 is 1.38 bits per heavy atom. The monoisotopic (exact) mass is 222 g/mol. The highest BCUT2D eigenvalue weighted by Gasteiger charge is 2.26. The number of fused-ring (bicyclic) bond motifs is 1. The summed E-state index contributed by atoms with van der Waals surface area (Å²) >= 11 is 0. The molecule has 0 aromatic carbocycles. The van der Waals surface area contributed by atoms with E-state index in [2.05, 4.69) is 35.7 Å². The average Bonchev–Trinajstić information content (AvgIpc) is 2.58. The molecule has 0 aliphatic heterocycles. The molecule has 2 rings (SSSR count). The summed E-state index contributed by atoms with van der Waals surface area (Å²) in [6.45, 7) is 6.27. The van der Waals surface area contributed by atoms with Crippen LogP contribution in [0.25, 0.3) is 11.2 Å². The number of nitrogens with one attached hydrogen (secondary N) is 1. The molecular formula is C10H16N5O+. The number of imidazole rings is 1. The number of anilines is 1. The lowest BCUT2D eigenvalue weighted by atomic mass is 10.1. The van der Waals surface area contributed by atoms with E-state index in [-0.39, 0.29) is 11.5 Å². The number of nitrogens with two attached hydrogens (primary N) is 1. The minimum absolute atomic E-state index is 0.0793. The van der Waals surface area contributed by atoms with E-state index in [1.807, 2.05) is 10.9 Å². The molecule has 6 heteroatoms. The maximum Gasteiger partial charge on any atom is 0.311 e. The second-order valence-corrected chi connectivity index (χ2v) is 4.60. The molecule has 0 aliphatic rings. The molecule has 0 amide bonds. The van der Waals surface area contributed by atoms with Crippen molar-refractivity contribution in [3.63, 3.8) is 0 Å². The zero-order valence-corrected chi connectivity index (χ0v) is 9.90. The molecule has 2 heterocycles. The number of rotatable bonds is 1. The highest BCUT2D eigenvalue weighted by molar-refractivity contribution is 5.73. The van der Waals surface area contributed by atoms with Crippen molar-refractivity contribution in [3.05, 3.63) is 6.33 Å². The first-order valence-electron chi connectivity index (χ1n) is 5.04. The molecule has 0 fully saturated rings. The lowest BCUT2D eigenvalue weighted by molar-refractivity contribution is -0.732. The normalized spacial score (nSPS) is 12.0. The average molecular weight is 222 g/mol. The van der Waals surface area contributed by atoms with Gasteiger partial charge in [0.2, 0.25) is 5.52 Å². The zero-order chi connectivity index (χ0) is 11.9. The van der Waals surface area contributed by atoms with Crippen LogP contribution in [0.2, 0.25) is 0 Å². The maximum atomic E-state index is 5.64. The molecule has 0 bridgehead atoms. The quantitative estimate of drug-likeness (QED) is 0.692. The molecule has 6 nitrogen and oxygen atoms in total. The first-order chi connectivity index (χ1) is 7.43. The summed E-state index contributed by atoms with van der Waals surface area (Å²) in [5, 5.41) is 0. The summed E-state index contributed by atoms with van der Waals surface area (Å²) in [5.74, 6) is 0.674. The number of nitrogen functional groups attached to an aromatic ring is 1. The molecule has 0 unspecified atom stereocenters. The van der Waals surface area contributed by atoms with Crippen molar-refractivity contribution in [2.24, 2.45) is 0 Å². The Labute approximate surface area is 93.5 Å². The molecular weight excluding hydrogens is 206 g/mol. The van der Waals surface area contributed by atoms with Gasteiger partial charge in [-0.15, -0.1) is 0 Å². The molecule has 86 valence electrons. The zero-order valence-electron chi connectivity index (χ0n) is 9.90. The van der Waals surface area contributed by atoms with E-state index in [1.54, 1.807) is 7.11 Å². The van der Waals surface area contributed by atoms with Crippen LogP contribution >= 0.6 is 0 Å². The van der Waals surface area contributed by atoms with Gasteiger partial charge in [-0.3, -0.25) is 4.98 Å². The van der Waals surface area contributed by atoms with Crippen LogP contribution in [0.3, 0.4) is 0 Å². The van der Waals surface area contributed by atoms with Crippen molar-refractivity contribution >= 4 is 17.1 Å². The van der Waals surface area contributed by atoms with Crippen molar-refractivity contribution in [2.75, 3.05) is 12.8 Å². The smallest absolute Gasteiger partial charge is 0.311 e. The highest BCUT2D eigenvalue weighted by Crippen LogP contribution is 2.20. The van der Waals surface area contributed by atoms with Crippen LogP contribution in [0, 0.1) is 0 Å². The Hall–Kier alpha value is -1.85. The van der Waals surface area contributed by atoms with Gasteiger partial charge in [-0.1, -0.05) is 4.98 Å². The van der Waals surface area contributed by atoms with Gasteiger partial charge in [-0.2, -0.15) is 4.98 Å². The van der Waals surface area contributed by atoms with Crippen LogP contribution in [-0.4, -0.2) is 22.1 Å². The Bertz CT molecular complexity index is 526. The Morgan fingerprint density at radius 3 is 2.62 bits per heavy atom. The molecule has 0 spiro atoms. The lowest BCUT2D eigenvalue weighted by Gasteiger charge is -2.15. The van der Waals surface area contributed by atoms with Crippen LogP contribution in [0.1, 0.15) is 20.8 Å². The predicted octanol–water partition coefficient (Wildman–Crippen LogP) is 0.591. The Balaban J connectivity index is 2.77. The number of methoxy groups -OCH3 is 1. The number of nitrogens with zero attached hydrogens (tertiary/aromatic N) is 3. The summed E-state index contributed by atoms with van der Waals surface area (Å²) < 4.78 is 7.16. The molecule has 2 aromatic rings. The van der Waals surface area contributed by atoms with E-state index in [0.29, 0.717) is 5.88 Å². The number of H-pyrrole nitrogens is 1. The SMILES string of the molecule is COc1nc(N)nc2c1[nH]c[n+]2C(C)(C)C. The lowest BCUT2D eigenvalue weighted by Crippen LogP contribution is -2.49. The van der Waals surface area contributed by atoms with Crippen molar-refractivity contribution in [3.8, 4) is 5.88 Å². The maximum absolute atomic E-state index is 5.64. The molecule has 2 aromatic heterocycles. The van der Waals surface area contributed by atoms with Crippen LogP contribution in [0.15, 0.2) is 6.33 Å². The van der Waals surface area contributed by atoms with Crippen LogP contribution in [-0.2, 0) is 5.54 Å². The van der Waals surface area contributed by atoms with E-state index < -0.39 is 0 Å². The number of aromatic amines is 1. The summed E-state index contributed by atoms with van der Waals surface area (Å²) in [4.78, 5) is 11.3. The van der Waals surface area contributed by atoms with Gasteiger partial charge in [0, 0.05) is 0 Å². The summed E-state index contributed by atoms with van der Waals surface area (Å²) in [5.41, 5.74) is 7.07.